The summed E-state index contributed by atoms with van der Waals surface area (Å²) in [7, 11) is 1.77. The molecule has 1 saturated heterocycles. The van der Waals surface area contributed by atoms with Crippen LogP contribution in [0, 0.1) is 0 Å². The highest BCUT2D eigenvalue weighted by atomic mass is 19.4. The monoisotopic (exact) mass is 1090 g/mol. The van der Waals surface area contributed by atoms with Crippen LogP contribution in [0.1, 0.15) is 54.5 Å². The number of nitrogens with zero attached hydrogens (tertiary/aromatic N) is 2. The first-order valence-corrected chi connectivity index (χ1v) is 24.3. The third-order valence-corrected chi connectivity index (χ3v) is 12.2. The molecule has 8 N–H and O–H groups in total. The molecule has 0 aliphatic carbocycles. The van der Waals surface area contributed by atoms with E-state index in [-0.39, 0.29) is 48.2 Å². The van der Waals surface area contributed by atoms with Gasteiger partial charge < -0.3 is 50.6 Å². The second-order valence-corrected chi connectivity index (χ2v) is 18.0. The fourth-order valence-electron chi connectivity index (χ4n) is 8.12. The zero-order valence-electron chi connectivity index (χ0n) is 42.2. The predicted octanol–water partition coefficient (Wildman–Crippen LogP) is 8.35. The summed E-state index contributed by atoms with van der Waals surface area (Å²) in [6.07, 6.45) is -9.03. The summed E-state index contributed by atoms with van der Waals surface area (Å²) in [6.45, 7) is 4.73. The number of aliphatic hydroxyl groups excluding tert-OH is 1. The number of piperidine rings is 1. The van der Waals surface area contributed by atoms with Gasteiger partial charge in [-0.25, -0.2) is 14.4 Å². The Kier molecular flexibility index (Phi) is 21.9. The molecule has 416 valence electrons. The highest BCUT2D eigenvalue weighted by Gasteiger charge is 2.39. The number of likely N-dealkylation sites (tertiary alicyclic amines) is 1. The summed E-state index contributed by atoms with van der Waals surface area (Å²) < 4.78 is 69.3. The van der Waals surface area contributed by atoms with Crippen LogP contribution in [0.3, 0.4) is 0 Å². The number of pyridine rings is 1. The number of benzene rings is 5. The number of aliphatic hydroxyl groups is 1. The number of hydrogen-bond donors (Lipinski definition) is 8. The fraction of sp³-hybridized carbons (Fsp3) is 0.309. The Balaban J connectivity index is 0.000000706. The number of rotatable bonds is 17. The van der Waals surface area contributed by atoms with E-state index in [1.807, 2.05) is 110 Å². The first-order chi connectivity index (χ1) is 36.9. The van der Waals surface area contributed by atoms with E-state index in [0.717, 1.165) is 46.6 Å². The molecule has 0 radical (unpaired) electrons. The Morgan fingerprint density at radius 2 is 1.40 bits per heavy atom. The molecule has 78 heavy (non-hydrogen) atoms. The Bertz CT molecular complexity index is 3020. The highest BCUT2D eigenvalue weighted by molar-refractivity contribution is 5.93. The topological polar surface area (TPSA) is 251 Å². The zero-order chi connectivity index (χ0) is 57.2. The SMILES string of the molecule is C[C@H](Cc1cccc(CC(=O)NCc2ccc(N(C)C(=O)CCN3CCC(OC(=O)Nc4ccccc4-c4ccccc4)CC3)cc2)c1)NC[C@H](O)c1ccc(O)c2[nH]c(=O)ccc12.O=C(O)C(F)(F)F.O=C(O)C(F)(F)F. The number of amides is 3. The average molecular weight is 1090 g/mol. The van der Waals surface area contributed by atoms with E-state index < -0.39 is 36.5 Å². The third kappa shape index (κ3) is 19.1. The van der Waals surface area contributed by atoms with Crippen molar-refractivity contribution in [2.45, 2.75) is 76.2 Å². The van der Waals surface area contributed by atoms with Gasteiger partial charge in [0.2, 0.25) is 17.4 Å². The maximum absolute atomic E-state index is 13.2. The number of aliphatic carboxylic acids is 2. The van der Waals surface area contributed by atoms with E-state index in [4.69, 9.17) is 24.5 Å². The number of para-hydroxylation sites is 1. The zero-order valence-corrected chi connectivity index (χ0v) is 42.2. The van der Waals surface area contributed by atoms with Crippen molar-refractivity contribution in [2.75, 3.05) is 43.4 Å². The van der Waals surface area contributed by atoms with Crippen LogP contribution in [-0.4, -0.2) is 118 Å². The second-order valence-electron chi connectivity index (χ2n) is 18.0. The summed E-state index contributed by atoms with van der Waals surface area (Å²) in [5.41, 5.74) is 6.84. The van der Waals surface area contributed by atoms with Gasteiger partial charge in [0.15, 0.2) is 0 Å². The number of H-pyrrole nitrogens is 1. The van der Waals surface area contributed by atoms with Crippen molar-refractivity contribution in [3.63, 3.8) is 0 Å². The number of aromatic nitrogens is 1. The minimum absolute atomic E-state index is 0.00302. The quantitative estimate of drug-likeness (QED) is 0.0401. The molecule has 2 atom stereocenters. The lowest BCUT2D eigenvalue weighted by molar-refractivity contribution is -0.193. The first-order valence-electron chi connectivity index (χ1n) is 24.3. The molecule has 17 nitrogen and oxygen atoms in total. The molecule has 7 rings (SSSR count). The van der Waals surface area contributed by atoms with Gasteiger partial charge in [-0.05, 0) is 84.3 Å². The van der Waals surface area contributed by atoms with Gasteiger partial charge in [0, 0.05) is 74.9 Å². The minimum Gasteiger partial charge on any atom is -0.506 e. The summed E-state index contributed by atoms with van der Waals surface area (Å²) in [6, 6.07) is 39.2. The van der Waals surface area contributed by atoms with Crippen molar-refractivity contribution < 1.29 is 75.5 Å². The molecule has 0 bridgehead atoms. The lowest BCUT2D eigenvalue weighted by atomic mass is 10.0. The number of carbonyl (C=O) groups excluding carboxylic acids is 3. The number of aromatic amines is 1. The van der Waals surface area contributed by atoms with Gasteiger partial charge in [-0.3, -0.25) is 19.7 Å². The van der Waals surface area contributed by atoms with Gasteiger partial charge in [0.05, 0.1) is 23.7 Å². The number of carboxylic acids is 2. The van der Waals surface area contributed by atoms with Crippen molar-refractivity contribution in [1.82, 2.24) is 20.5 Å². The number of aromatic hydroxyl groups is 1. The number of phenols is 1. The van der Waals surface area contributed by atoms with E-state index >= 15 is 0 Å². The van der Waals surface area contributed by atoms with Crippen LogP contribution < -0.4 is 26.4 Å². The lowest BCUT2D eigenvalue weighted by Gasteiger charge is -2.31. The van der Waals surface area contributed by atoms with Gasteiger partial charge in [-0.2, -0.15) is 26.3 Å². The number of alkyl halides is 6. The number of fused-ring (bicyclic) bond motifs is 1. The standard InChI is InChI=1S/C51H56N6O7.2C2HF3O2/c1-34(52-33-46(59)42-19-21-45(58)50-43(42)20-22-47(60)55-50)29-36-9-8-10-37(30-36)31-48(61)53-32-35-15-17-39(18-16-35)56(2)49(62)25-28-57-26-23-40(24-27-57)64-51(63)54-44-14-7-6-13-41(44)38-11-4-3-5-12-38;2*3-2(4,5)1(6)7/h3-22,30,34,40,46,52,58-59H,23-29,31-33H2,1-2H3,(H,53,61)(H,54,63)(H,55,60);2*(H,6,7)/t34-,46+;;/m1../s1. The Hall–Kier alpha value is -8.28. The van der Waals surface area contributed by atoms with Gasteiger partial charge in [-0.15, -0.1) is 0 Å². The molecule has 2 heterocycles. The Morgan fingerprint density at radius 1 is 0.782 bits per heavy atom. The molecule has 1 aliphatic heterocycles. The van der Waals surface area contributed by atoms with Crippen LogP contribution >= 0.6 is 0 Å². The van der Waals surface area contributed by atoms with Gasteiger partial charge in [-0.1, -0.05) is 91.0 Å². The number of nitrogens with one attached hydrogen (secondary N) is 4. The average Bonchev–Trinajstić information content (AvgIpc) is 3.43. The normalized spacial score (nSPS) is 13.6. The molecular weight excluding hydrogens is 1030 g/mol. The van der Waals surface area contributed by atoms with Crippen molar-refractivity contribution in [1.29, 1.82) is 0 Å². The van der Waals surface area contributed by atoms with Gasteiger partial charge >= 0.3 is 30.4 Å². The molecule has 1 fully saturated rings. The molecule has 3 amide bonds. The largest absolute Gasteiger partial charge is 0.506 e. The molecule has 0 unspecified atom stereocenters. The van der Waals surface area contributed by atoms with Crippen molar-refractivity contribution in [3.05, 3.63) is 160 Å². The maximum Gasteiger partial charge on any atom is 0.490 e. The van der Waals surface area contributed by atoms with Crippen molar-refractivity contribution in [2.24, 2.45) is 0 Å². The smallest absolute Gasteiger partial charge is 0.490 e. The number of carboxylic acid groups (broad SMARTS) is 2. The Morgan fingerprint density at radius 3 is 2.04 bits per heavy atom. The lowest BCUT2D eigenvalue weighted by Crippen LogP contribution is -2.40. The van der Waals surface area contributed by atoms with Crippen LogP contribution in [0.25, 0.3) is 22.0 Å². The predicted molar refractivity (Wildman–Crippen MR) is 278 cm³/mol. The van der Waals surface area contributed by atoms with Crippen molar-refractivity contribution in [3.8, 4) is 16.9 Å². The van der Waals surface area contributed by atoms with E-state index in [0.29, 0.717) is 60.9 Å². The van der Waals surface area contributed by atoms with Crippen LogP contribution in [0.2, 0.25) is 0 Å². The summed E-state index contributed by atoms with van der Waals surface area (Å²) in [5, 5.41) is 45.3. The molecule has 0 saturated carbocycles. The second kappa shape index (κ2) is 28.2. The molecule has 1 aliphatic rings. The number of carbonyl (C=O) groups is 5. The molecule has 23 heteroatoms. The number of hydrogen-bond acceptors (Lipinski definition) is 11. The molecular formula is C55H58F6N6O11. The third-order valence-electron chi connectivity index (χ3n) is 12.2. The van der Waals surface area contributed by atoms with Crippen LogP contribution in [0.15, 0.2) is 132 Å². The van der Waals surface area contributed by atoms with E-state index in [2.05, 4.69) is 25.8 Å². The number of anilines is 2. The summed E-state index contributed by atoms with van der Waals surface area (Å²) >= 11 is 0. The molecule has 5 aromatic carbocycles. The van der Waals surface area contributed by atoms with Crippen LogP contribution in [0.4, 0.5) is 42.5 Å². The maximum atomic E-state index is 13.2. The molecule has 0 spiro atoms. The number of halogens is 6. The Labute approximate surface area is 443 Å². The fourth-order valence-corrected chi connectivity index (χ4v) is 8.12. The summed E-state index contributed by atoms with van der Waals surface area (Å²) in [4.78, 5) is 75.0. The minimum atomic E-state index is -5.08. The number of phenolic OH excluding ortho intramolecular Hbond substituents is 1. The van der Waals surface area contributed by atoms with Crippen LogP contribution in [0.5, 0.6) is 5.75 Å². The van der Waals surface area contributed by atoms with Gasteiger partial charge in [0.1, 0.15) is 11.9 Å². The first kappa shape index (κ1) is 60.6. The van der Waals surface area contributed by atoms with Gasteiger partial charge in [0.25, 0.3) is 0 Å². The van der Waals surface area contributed by atoms with Crippen LogP contribution in [-0.2, 0) is 43.3 Å². The molecule has 1 aromatic heterocycles. The number of ether oxygens (including phenoxy) is 1. The van der Waals surface area contributed by atoms with Crippen molar-refractivity contribution >= 4 is 52.1 Å². The van der Waals surface area contributed by atoms with E-state index in [1.54, 1.807) is 24.1 Å². The van der Waals surface area contributed by atoms with E-state index in [9.17, 15) is 55.7 Å². The highest BCUT2D eigenvalue weighted by Crippen LogP contribution is 2.30. The van der Waals surface area contributed by atoms with E-state index in [1.165, 1.54) is 12.1 Å². The molecule has 6 aromatic rings. The summed E-state index contributed by atoms with van der Waals surface area (Å²) in [5.74, 6) is -5.67.